The molecule has 16 heavy (non-hydrogen) atoms. The van der Waals surface area contributed by atoms with Gasteiger partial charge >= 0.3 is 0 Å². The highest BCUT2D eigenvalue weighted by atomic mass is 15.1. The summed E-state index contributed by atoms with van der Waals surface area (Å²) in [6.45, 7) is 3.90. The number of nitrogen functional groups attached to an aromatic ring is 1. The van der Waals surface area contributed by atoms with Gasteiger partial charge < -0.3 is 14.9 Å². The third-order valence-electron chi connectivity index (χ3n) is 2.55. The second-order valence-electron chi connectivity index (χ2n) is 3.94. The van der Waals surface area contributed by atoms with E-state index in [9.17, 15) is 0 Å². The Balaban J connectivity index is 1.74. The van der Waals surface area contributed by atoms with Crippen LogP contribution in [0.15, 0.2) is 24.9 Å². The summed E-state index contributed by atoms with van der Waals surface area (Å²) in [7, 11) is 0. The molecule has 0 saturated heterocycles. The molecule has 0 amide bonds. The van der Waals surface area contributed by atoms with E-state index in [4.69, 9.17) is 5.73 Å². The van der Waals surface area contributed by atoms with Crippen LogP contribution < -0.4 is 5.73 Å². The molecule has 2 N–H and O–H groups in total. The number of hydrogen-bond acceptors (Lipinski definition) is 3. The highest BCUT2D eigenvalue weighted by Crippen LogP contribution is 2.06. The summed E-state index contributed by atoms with van der Waals surface area (Å²) in [5.74, 6) is 0.611. The molecule has 0 aliphatic rings. The molecule has 86 valence electrons. The number of hydrogen-bond donors (Lipinski definition) is 1. The SMILES string of the molecule is Cc1cn(CCCCn2ccnc2)c(N)n1. The fraction of sp³-hybridized carbons (Fsp3) is 0.455. The van der Waals surface area contributed by atoms with Crippen LogP contribution in [0.4, 0.5) is 5.95 Å². The molecule has 0 saturated carbocycles. The summed E-state index contributed by atoms with van der Waals surface area (Å²) >= 11 is 0. The van der Waals surface area contributed by atoms with Gasteiger partial charge in [0.25, 0.3) is 0 Å². The third-order valence-corrected chi connectivity index (χ3v) is 2.55. The minimum absolute atomic E-state index is 0.611. The van der Waals surface area contributed by atoms with Crippen LogP contribution in [0.25, 0.3) is 0 Å². The molecule has 0 spiro atoms. The Morgan fingerprint density at radius 1 is 1.31 bits per heavy atom. The van der Waals surface area contributed by atoms with Crippen molar-refractivity contribution in [3.05, 3.63) is 30.6 Å². The number of anilines is 1. The van der Waals surface area contributed by atoms with Gasteiger partial charge in [0, 0.05) is 31.7 Å². The monoisotopic (exact) mass is 219 g/mol. The van der Waals surface area contributed by atoms with Crippen LogP contribution in [0.3, 0.4) is 0 Å². The maximum atomic E-state index is 5.75. The molecule has 5 nitrogen and oxygen atoms in total. The fourth-order valence-corrected chi connectivity index (χ4v) is 1.74. The molecule has 0 radical (unpaired) electrons. The number of nitrogens with zero attached hydrogens (tertiary/aromatic N) is 4. The minimum Gasteiger partial charge on any atom is -0.369 e. The molecule has 0 aliphatic carbocycles. The molecular formula is C11H17N5. The fourth-order valence-electron chi connectivity index (χ4n) is 1.74. The summed E-state index contributed by atoms with van der Waals surface area (Å²) in [4.78, 5) is 8.17. The van der Waals surface area contributed by atoms with Crippen molar-refractivity contribution < 1.29 is 0 Å². The average molecular weight is 219 g/mol. The van der Waals surface area contributed by atoms with Gasteiger partial charge in [0.05, 0.1) is 12.0 Å². The Kier molecular flexibility index (Phi) is 3.24. The van der Waals surface area contributed by atoms with Gasteiger partial charge in [-0.3, -0.25) is 0 Å². The van der Waals surface area contributed by atoms with Crippen molar-refractivity contribution in [1.29, 1.82) is 0 Å². The number of imidazole rings is 2. The maximum Gasteiger partial charge on any atom is 0.200 e. The smallest absolute Gasteiger partial charge is 0.200 e. The second kappa shape index (κ2) is 4.83. The van der Waals surface area contributed by atoms with Gasteiger partial charge in [-0.25, -0.2) is 9.97 Å². The summed E-state index contributed by atoms with van der Waals surface area (Å²) in [6, 6.07) is 0. The minimum atomic E-state index is 0.611. The number of rotatable bonds is 5. The first-order valence-corrected chi connectivity index (χ1v) is 5.50. The summed E-state index contributed by atoms with van der Waals surface area (Å²) in [6.07, 6.45) is 9.83. The Hall–Kier alpha value is -1.78. The van der Waals surface area contributed by atoms with Crippen molar-refractivity contribution in [2.75, 3.05) is 5.73 Å². The third kappa shape index (κ3) is 2.62. The Bertz CT molecular complexity index is 429. The number of nitrogens with two attached hydrogens (primary N) is 1. The molecule has 0 bridgehead atoms. The number of unbranched alkanes of at least 4 members (excludes halogenated alkanes) is 1. The van der Waals surface area contributed by atoms with E-state index in [0.29, 0.717) is 5.95 Å². The quantitative estimate of drug-likeness (QED) is 0.774. The zero-order valence-electron chi connectivity index (χ0n) is 9.50. The molecule has 2 rings (SSSR count). The van der Waals surface area contributed by atoms with E-state index in [0.717, 1.165) is 31.6 Å². The first-order chi connectivity index (χ1) is 7.75. The molecule has 0 aliphatic heterocycles. The van der Waals surface area contributed by atoms with Crippen molar-refractivity contribution in [2.45, 2.75) is 32.9 Å². The van der Waals surface area contributed by atoms with E-state index < -0.39 is 0 Å². The van der Waals surface area contributed by atoms with Crippen LogP contribution >= 0.6 is 0 Å². The van der Waals surface area contributed by atoms with Gasteiger partial charge in [0.1, 0.15) is 0 Å². The predicted molar refractivity (Wildman–Crippen MR) is 62.8 cm³/mol. The summed E-state index contributed by atoms with van der Waals surface area (Å²) < 4.78 is 4.09. The van der Waals surface area contributed by atoms with E-state index in [1.807, 2.05) is 30.2 Å². The second-order valence-corrected chi connectivity index (χ2v) is 3.94. The van der Waals surface area contributed by atoms with Crippen LogP contribution in [-0.4, -0.2) is 19.1 Å². The molecule has 0 atom stereocenters. The lowest BCUT2D eigenvalue weighted by Gasteiger charge is -2.04. The van der Waals surface area contributed by atoms with Crippen LogP contribution in [0.5, 0.6) is 0 Å². The average Bonchev–Trinajstić information content (AvgIpc) is 2.84. The zero-order chi connectivity index (χ0) is 11.4. The molecule has 2 aromatic heterocycles. The van der Waals surface area contributed by atoms with Crippen molar-refractivity contribution in [2.24, 2.45) is 0 Å². The molecule has 0 unspecified atom stereocenters. The van der Waals surface area contributed by atoms with Crippen LogP contribution in [0, 0.1) is 6.92 Å². The Morgan fingerprint density at radius 2 is 2.12 bits per heavy atom. The number of aryl methyl sites for hydroxylation is 3. The molecule has 5 heteroatoms. The van der Waals surface area contributed by atoms with E-state index in [2.05, 4.69) is 14.5 Å². The molecule has 0 fully saturated rings. The van der Waals surface area contributed by atoms with E-state index in [1.165, 1.54) is 0 Å². The van der Waals surface area contributed by atoms with Gasteiger partial charge in [-0.05, 0) is 19.8 Å². The maximum absolute atomic E-state index is 5.75. The highest BCUT2D eigenvalue weighted by molar-refractivity contribution is 5.20. The zero-order valence-corrected chi connectivity index (χ0v) is 9.50. The Morgan fingerprint density at radius 3 is 2.75 bits per heavy atom. The van der Waals surface area contributed by atoms with E-state index in [1.54, 1.807) is 6.20 Å². The van der Waals surface area contributed by atoms with E-state index >= 15 is 0 Å². The summed E-state index contributed by atoms with van der Waals surface area (Å²) in [5.41, 5.74) is 6.73. The lowest BCUT2D eigenvalue weighted by molar-refractivity contribution is 0.556. The first kappa shape index (κ1) is 10.7. The molecular weight excluding hydrogens is 202 g/mol. The van der Waals surface area contributed by atoms with Gasteiger partial charge in [0.2, 0.25) is 0 Å². The van der Waals surface area contributed by atoms with Gasteiger partial charge in [-0.1, -0.05) is 0 Å². The van der Waals surface area contributed by atoms with Crippen molar-refractivity contribution in [3.63, 3.8) is 0 Å². The topological polar surface area (TPSA) is 61.7 Å². The van der Waals surface area contributed by atoms with Gasteiger partial charge in [0.15, 0.2) is 5.95 Å². The van der Waals surface area contributed by atoms with Crippen LogP contribution in [-0.2, 0) is 13.1 Å². The largest absolute Gasteiger partial charge is 0.369 e. The highest BCUT2D eigenvalue weighted by Gasteiger charge is 2.00. The standard InChI is InChI=1S/C11H17N5/c1-10-8-16(11(12)14-10)6-3-2-5-15-7-4-13-9-15/h4,7-9H,2-3,5-6H2,1H3,(H2,12,14). The lowest BCUT2D eigenvalue weighted by atomic mass is 10.3. The molecule has 0 aromatic carbocycles. The van der Waals surface area contributed by atoms with Crippen LogP contribution in [0.1, 0.15) is 18.5 Å². The molecule has 2 heterocycles. The van der Waals surface area contributed by atoms with Gasteiger partial charge in [-0.15, -0.1) is 0 Å². The number of aromatic nitrogens is 4. The first-order valence-electron chi connectivity index (χ1n) is 5.50. The van der Waals surface area contributed by atoms with Gasteiger partial charge in [-0.2, -0.15) is 0 Å². The van der Waals surface area contributed by atoms with Crippen molar-refractivity contribution in [3.8, 4) is 0 Å². The summed E-state index contributed by atoms with van der Waals surface area (Å²) in [5, 5.41) is 0. The predicted octanol–water partition coefficient (Wildman–Crippen LogP) is 1.45. The normalized spacial score (nSPS) is 10.8. The molecule has 2 aromatic rings. The van der Waals surface area contributed by atoms with E-state index in [-0.39, 0.29) is 0 Å². The van der Waals surface area contributed by atoms with Crippen LogP contribution in [0.2, 0.25) is 0 Å². The lowest BCUT2D eigenvalue weighted by Crippen LogP contribution is -2.03. The van der Waals surface area contributed by atoms with Crippen molar-refractivity contribution >= 4 is 5.95 Å². The van der Waals surface area contributed by atoms with Crippen molar-refractivity contribution in [1.82, 2.24) is 19.1 Å². The Labute approximate surface area is 94.9 Å².